The molecule has 1 aromatic carbocycles. The maximum Gasteiger partial charge on any atom is 0.0746 e. The molecule has 19 heavy (non-hydrogen) atoms. The highest BCUT2D eigenvalue weighted by atomic mass is 16.3. The molecule has 1 aliphatic carbocycles. The van der Waals surface area contributed by atoms with Crippen LogP contribution < -0.4 is 0 Å². The third-order valence-corrected chi connectivity index (χ3v) is 4.11. The van der Waals surface area contributed by atoms with Gasteiger partial charge in [-0.15, -0.1) is 0 Å². The average Bonchev–Trinajstić information content (AvgIpc) is 2.67. The van der Waals surface area contributed by atoms with Crippen LogP contribution in [0.15, 0.2) is 30.3 Å². The van der Waals surface area contributed by atoms with Gasteiger partial charge >= 0.3 is 0 Å². The Balaban J connectivity index is 1.84. The lowest BCUT2D eigenvalue weighted by Gasteiger charge is -2.33. The first-order valence-corrected chi connectivity index (χ1v) is 6.84. The highest BCUT2D eigenvalue weighted by molar-refractivity contribution is 5.32. The molecule has 3 nitrogen and oxygen atoms in total. The molecule has 0 radical (unpaired) electrons. The number of aliphatic hydroxyl groups is 1. The summed E-state index contributed by atoms with van der Waals surface area (Å²) in [6.07, 6.45) is 3.21. The minimum atomic E-state index is -0.630. The summed E-state index contributed by atoms with van der Waals surface area (Å²) in [6.45, 7) is 1.99. The SMILES string of the molecule is Cc1cc(CC2(O)CCc3ccccc3C2)n(C)n1. The standard InChI is InChI=1S/C16H20N2O/c1-12-9-15(18(2)17-12)11-16(19)8-7-13-5-3-4-6-14(13)10-16/h3-6,9,19H,7-8,10-11H2,1-2H3. The van der Waals surface area contributed by atoms with E-state index in [2.05, 4.69) is 35.4 Å². The van der Waals surface area contributed by atoms with E-state index >= 15 is 0 Å². The number of aryl methyl sites for hydroxylation is 3. The Kier molecular flexibility index (Phi) is 2.94. The average molecular weight is 256 g/mol. The molecule has 3 rings (SSSR count). The molecular weight excluding hydrogens is 236 g/mol. The quantitative estimate of drug-likeness (QED) is 0.894. The second-order valence-corrected chi connectivity index (χ2v) is 5.75. The maximum absolute atomic E-state index is 10.9. The molecule has 0 fully saturated rings. The van der Waals surface area contributed by atoms with Crippen molar-refractivity contribution in [2.45, 2.75) is 38.2 Å². The fourth-order valence-electron chi connectivity index (χ4n) is 3.10. The van der Waals surface area contributed by atoms with Crippen LogP contribution in [0, 0.1) is 6.92 Å². The van der Waals surface area contributed by atoms with Gasteiger partial charge in [-0.3, -0.25) is 4.68 Å². The van der Waals surface area contributed by atoms with Crippen molar-refractivity contribution in [3.63, 3.8) is 0 Å². The molecule has 2 aromatic rings. The first kappa shape index (κ1) is 12.4. The van der Waals surface area contributed by atoms with Crippen molar-refractivity contribution in [2.24, 2.45) is 7.05 Å². The molecule has 0 saturated heterocycles. The second kappa shape index (κ2) is 4.49. The Morgan fingerprint density at radius 2 is 2.05 bits per heavy atom. The number of aromatic nitrogens is 2. The van der Waals surface area contributed by atoms with Crippen molar-refractivity contribution in [3.8, 4) is 0 Å². The summed E-state index contributed by atoms with van der Waals surface area (Å²) in [5, 5.41) is 15.2. The van der Waals surface area contributed by atoms with E-state index in [-0.39, 0.29) is 0 Å². The third kappa shape index (κ3) is 2.43. The molecule has 3 heteroatoms. The maximum atomic E-state index is 10.9. The largest absolute Gasteiger partial charge is 0.389 e. The van der Waals surface area contributed by atoms with Crippen LogP contribution in [0.4, 0.5) is 0 Å². The monoisotopic (exact) mass is 256 g/mol. The van der Waals surface area contributed by atoms with Gasteiger partial charge in [0.25, 0.3) is 0 Å². The number of rotatable bonds is 2. The molecule has 100 valence electrons. The van der Waals surface area contributed by atoms with Crippen molar-refractivity contribution in [2.75, 3.05) is 0 Å². The molecule has 1 atom stereocenters. The first-order valence-electron chi connectivity index (χ1n) is 6.84. The second-order valence-electron chi connectivity index (χ2n) is 5.75. The van der Waals surface area contributed by atoms with Crippen molar-refractivity contribution in [1.29, 1.82) is 0 Å². The molecule has 1 N–H and O–H groups in total. The summed E-state index contributed by atoms with van der Waals surface area (Å²) in [4.78, 5) is 0. The van der Waals surface area contributed by atoms with Crippen LogP contribution in [-0.2, 0) is 26.3 Å². The number of hydrogen-bond acceptors (Lipinski definition) is 2. The molecule has 0 aliphatic heterocycles. The molecule has 1 aliphatic rings. The van der Waals surface area contributed by atoms with Gasteiger partial charge in [-0.2, -0.15) is 5.10 Å². The van der Waals surface area contributed by atoms with Gasteiger partial charge in [0.15, 0.2) is 0 Å². The highest BCUT2D eigenvalue weighted by Crippen LogP contribution is 2.31. The van der Waals surface area contributed by atoms with E-state index in [0.717, 1.165) is 30.7 Å². The van der Waals surface area contributed by atoms with Gasteiger partial charge in [-0.25, -0.2) is 0 Å². The van der Waals surface area contributed by atoms with E-state index < -0.39 is 5.60 Å². The minimum absolute atomic E-state index is 0.630. The van der Waals surface area contributed by atoms with Gasteiger partial charge in [-0.1, -0.05) is 24.3 Å². The Hall–Kier alpha value is -1.61. The van der Waals surface area contributed by atoms with Crippen molar-refractivity contribution in [3.05, 3.63) is 52.8 Å². The summed E-state index contributed by atoms with van der Waals surface area (Å²) in [5.74, 6) is 0. The van der Waals surface area contributed by atoms with Crippen LogP contribution in [0.3, 0.4) is 0 Å². The Morgan fingerprint density at radius 3 is 2.74 bits per heavy atom. The fourth-order valence-corrected chi connectivity index (χ4v) is 3.10. The molecule has 1 unspecified atom stereocenters. The van der Waals surface area contributed by atoms with Crippen LogP contribution >= 0.6 is 0 Å². The van der Waals surface area contributed by atoms with Gasteiger partial charge in [0.2, 0.25) is 0 Å². The molecule has 1 aromatic heterocycles. The molecule has 0 saturated carbocycles. The van der Waals surface area contributed by atoms with Crippen molar-refractivity contribution < 1.29 is 5.11 Å². The number of nitrogens with zero attached hydrogens (tertiary/aromatic N) is 2. The van der Waals surface area contributed by atoms with Gasteiger partial charge in [-0.05, 0) is 37.0 Å². The molecule has 1 heterocycles. The Bertz CT molecular complexity index is 603. The molecule has 0 spiro atoms. The smallest absolute Gasteiger partial charge is 0.0746 e. The zero-order valence-electron chi connectivity index (χ0n) is 11.6. The highest BCUT2D eigenvalue weighted by Gasteiger charge is 2.33. The van der Waals surface area contributed by atoms with Crippen molar-refractivity contribution in [1.82, 2.24) is 9.78 Å². The predicted molar refractivity (Wildman–Crippen MR) is 75.1 cm³/mol. The zero-order valence-corrected chi connectivity index (χ0v) is 11.6. The van der Waals surface area contributed by atoms with E-state index in [1.54, 1.807) is 0 Å². The molecule has 0 amide bonds. The van der Waals surface area contributed by atoms with E-state index in [1.165, 1.54) is 11.1 Å². The van der Waals surface area contributed by atoms with Gasteiger partial charge in [0, 0.05) is 25.6 Å². The summed E-state index contributed by atoms with van der Waals surface area (Å²) in [7, 11) is 1.95. The van der Waals surface area contributed by atoms with Crippen molar-refractivity contribution >= 4 is 0 Å². The summed E-state index contributed by atoms with van der Waals surface area (Å²) in [5.41, 5.74) is 4.16. The topological polar surface area (TPSA) is 38.0 Å². The Labute approximate surface area is 113 Å². The zero-order chi connectivity index (χ0) is 13.5. The summed E-state index contributed by atoms with van der Waals surface area (Å²) in [6, 6.07) is 10.5. The number of fused-ring (bicyclic) bond motifs is 1. The van der Waals surface area contributed by atoms with E-state index in [4.69, 9.17) is 0 Å². The van der Waals surface area contributed by atoms with E-state index in [1.807, 2.05) is 18.7 Å². The summed E-state index contributed by atoms with van der Waals surface area (Å²) < 4.78 is 1.88. The third-order valence-electron chi connectivity index (χ3n) is 4.11. The molecule has 0 bridgehead atoms. The van der Waals surface area contributed by atoms with Gasteiger partial charge in [0.1, 0.15) is 0 Å². The number of hydrogen-bond donors (Lipinski definition) is 1. The van der Waals surface area contributed by atoms with Crippen LogP contribution in [0.1, 0.15) is 28.9 Å². The lowest BCUT2D eigenvalue weighted by atomic mass is 9.78. The molecular formula is C16H20N2O. The van der Waals surface area contributed by atoms with Gasteiger partial charge in [0.05, 0.1) is 11.3 Å². The van der Waals surface area contributed by atoms with Gasteiger partial charge < -0.3 is 5.11 Å². The van der Waals surface area contributed by atoms with E-state index in [0.29, 0.717) is 6.42 Å². The minimum Gasteiger partial charge on any atom is -0.389 e. The van der Waals surface area contributed by atoms with Crippen LogP contribution in [0.5, 0.6) is 0 Å². The predicted octanol–water partition coefficient (Wildman–Crippen LogP) is 2.19. The van der Waals surface area contributed by atoms with Crippen LogP contribution in [0.2, 0.25) is 0 Å². The van der Waals surface area contributed by atoms with E-state index in [9.17, 15) is 5.11 Å². The number of benzene rings is 1. The first-order chi connectivity index (χ1) is 9.06. The lowest BCUT2D eigenvalue weighted by molar-refractivity contribution is 0.0250. The lowest BCUT2D eigenvalue weighted by Crippen LogP contribution is -2.38. The van der Waals surface area contributed by atoms with Crippen LogP contribution in [0.25, 0.3) is 0 Å². The van der Waals surface area contributed by atoms with Crippen LogP contribution in [-0.4, -0.2) is 20.5 Å². The summed E-state index contributed by atoms with van der Waals surface area (Å²) >= 11 is 0. The normalized spacial score (nSPS) is 22.3. The fraction of sp³-hybridized carbons (Fsp3) is 0.438. The Morgan fingerprint density at radius 1 is 1.32 bits per heavy atom.